The highest BCUT2D eigenvalue weighted by Gasteiger charge is 2.21. The maximum Gasteiger partial charge on any atom is 0.255 e. The average Bonchev–Trinajstić information content (AvgIpc) is 2.92. The van der Waals surface area contributed by atoms with Gasteiger partial charge in [-0.1, -0.05) is 23.2 Å². The van der Waals surface area contributed by atoms with Crippen LogP contribution in [-0.4, -0.2) is 25.7 Å². The second kappa shape index (κ2) is 6.59. The first-order chi connectivity index (χ1) is 12.2. The molecular weight excluding hydrogens is 377 g/mol. The molecule has 26 heavy (non-hydrogen) atoms. The predicted molar refractivity (Wildman–Crippen MR) is 100 cm³/mol. The van der Waals surface area contributed by atoms with Crippen molar-refractivity contribution in [1.29, 1.82) is 0 Å². The molecule has 0 aliphatic rings. The van der Waals surface area contributed by atoms with Crippen molar-refractivity contribution < 1.29 is 4.79 Å². The van der Waals surface area contributed by atoms with E-state index in [4.69, 9.17) is 28.9 Å². The van der Waals surface area contributed by atoms with Gasteiger partial charge in [0.25, 0.3) is 5.56 Å². The van der Waals surface area contributed by atoms with Crippen molar-refractivity contribution in [2.75, 3.05) is 0 Å². The number of primary amides is 1. The number of halogens is 2. The zero-order valence-electron chi connectivity index (χ0n) is 14.2. The molecule has 3 N–H and O–H groups in total. The van der Waals surface area contributed by atoms with Crippen LogP contribution in [0.3, 0.4) is 0 Å². The van der Waals surface area contributed by atoms with E-state index in [0.29, 0.717) is 28.2 Å². The Morgan fingerprint density at radius 2 is 1.88 bits per heavy atom. The van der Waals surface area contributed by atoms with E-state index in [-0.39, 0.29) is 27.1 Å². The van der Waals surface area contributed by atoms with Crippen molar-refractivity contribution >= 4 is 29.1 Å². The molecule has 3 aromatic rings. The molecule has 0 spiro atoms. The summed E-state index contributed by atoms with van der Waals surface area (Å²) in [6.07, 6.45) is 0. The fraction of sp³-hybridized carbons (Fsp3) is 0.176. The van der Waals surface area contributed by atoms with Gasteiger partial charge in [0.1, 0.15) is 0 Å². The second-order valence-electron chi connectivity index (χ2n) is 5.86. The number of nitrogens with one attached hydrogen (secondary N) is 1. The Kier molecular flexibility index (Phi) is 4.60. The molecule has 1 amide bonds. The number of H-pyrrole nitrogens is 1. The number of hydrogen-bond acceptors (Lipinski definition) is 4. The molecule has 7 nitrogen and oxygen atoms in total. The summed E-state index contributed by atoms with van der Waals surface area (Å²) in [7, 11) is 0. The molecule has 2 aromatic heterocycles. The van der Waals surface area contributed by atoms with Crippen molar-refractivity contribution in [3.05, 3.63) is 61.1 Å². The van der Waals surface area contributed by atoms with Crippen LogP contribution >= 0.6 is 23.2 Å². The third-order valence-electron chi connectivity index (χ3n) is 3.99. The average molecular weight is 392 g/mol. The summed E-state index contributed by atoms with van der Waals surface area (Å²) in [5.74, 6) is -0.473. The summed E-state index contributed by atoms with van der Waals surface area (Å²) in [5.41, 5.74) is 7.92. The maximum atomic E-state index is 12.1. The zero-order valence-corrected chi connectivity index (χ0v) is 15.7. The third-order valence-corrected chi connectivity index (χ3v) is 4.51. The number of aromatic nitrogens is 4. The lowest BCUT2D eigenvalue weighted by molar-refractivity contribution is 0.100. The van der Waals surface area contributed by atoms with Gasteiger partial charge < -0.3 is 5.73 Å². The molecule has 0 aliphatic carbocycles. The largest absolute Gasteiger partial charge is 0.366 e. The van der Waals surface area contributed by atoms with Gasteiger partial charge in [0, 0.05) is 21.8 Å². The first-order valence-electron chi connectivity index (χ1n) is 7.62. The molecule has 0 radical (unpaired) electrons. The number of benzene rings is 1. The molecule has 0 fully saturated rings. The maximum absolute atomic E-state index is 12.1. The van der Waals surface area contributed by atoms with Crippen molar-refractivity contribution in [2.45, 2.75) is 20.8 Å². The lowest BCUT2D eigenvalue weighted by Crippen LogP contribution is -2.19. The smallest absolute Gasteiger partial charge is 0.255 e. The Balaban J connectivity index is 2.34. The van der Waals surface area contributed by atoms with Crippen LogP contribution in [0, 0.1) is 20.8 Å². The lowest BCUT2D eigenvalue weighted by atomic mass is 10.0. The fourth-order valence-corrected chi connectivity index (χ4v) is 3.19. The Morgan fingerprint density at radius 3 is 2.50 bits per heavy atom. The minimum absolute atomic E-state index is 0.148. The SMILES string of the molecule is Cc1cc(-c2c(Cl)cc(Cl)cc2C(N)=O)n(-c2nc(C)c(C)c(=O)[nH]2)n1. The van der Waals surface area contributed by atoms with E-state index < -0.39 is 5.91 Å². The number of aromatic amines is 1. The van der Waals surface area contributed by atoms with Crippen LogP contribution in [0.25, 0.3) is 17.2 Å². The Bertz CT molecular complexity index is 1100. The molecule has 3 rings (SSSR count). The normalized spacial score (nSPS) is 11.0. The molecule has 0 saturated carbocycles. The topological polar surface area (TPSA) is 107 Å². The van der Waals surface area contributed by atoms with Crippen molar-refractivity contribution in [2.24, 2.45) is 5.73 Å². The fourth-order valence-electron chi connectivity index (χ4n) is 2.60. The summed E-state index contributed by atoms with van der Waals surface area (Å²) in [6.45, 7) is 5.18. The summed E-state index contributed by atoms with van der Waals surface area (Å²) in [4.78, 5) is 31.1. The summed E-state index contributed by atoms with van der Waals surface area (Å²) in [6, 6.07) is 4.67. The molecular formula is C17H15Cl2N5O2. The van der Waals surface area contributed by atoms with Crippen LogP contribution in [0.5, 0.6) is 0 Å². The highest BCUT2D eigenvalue weighted by atomic mass is 35.5. The Morgan fingerprint density at radius 1 is 1.19 bits per heavy atom. The van der Waals surface area contributed by atoms with Crippen LogP contribution in [0.2, 0.25) is 10.0 Å². The molecule has 2 heterocycles. The van der Waals surface area contributed by atoms with Crippen LogP contribution < -0.4 is 11.3 Å². The van der Waals surface area contributed by atoms with Crippen LogP contribution in [0.15, 0.2) is 23.0 Å². The highest BCUT2D eigenvalue weighted by Crippen LogP contribution is 2.35. The highest BCUT2D eigenvalue weighted by molar-refractivity contribution is 6.37. The van der Waals surface area contributed by atoms with Gasteiger partial charge in [0.2, 0.25) is 11.9 Å². The first kappa shape index (κ1) is 18.2. The van der Waals surface area contributed by atoms with Gasteiger partial charge in [0.15, 0.2) is 0 Å². The summed E-state index contributed by atoms with van der Waals surface area (Å²) < 4.78 is 1.42. The molecule has 134 valence electrons. The third kappa shape index (κ3) is 3.11. The Hall–Kier alpha value is -2.64. The molecule has 0 saturated heterocycles. The van der Waals surface area contributed by atoms with Crippen LogP contribution in [-0.2, 0) is 0 Å². The van der Waals surface area contributed by atoms with Gasteiger partial charge in [-0.15, -0.1) is 0 Å². The van der Waals surface area contributed by atoms with E-state index in [1.54, 1.807) is 26.8 Å². The summed E-state index contributed by atoms with van der Waals surface area (Å²) >= 11 is 12.3. The van der Waals surface area contributed by atoms with Crippen LogP contribution in [0.1, 0.15) is 27.3 Å². The number of carbonyl (C=O) groups is 1. The van der Waals surface area contributed by atoms with Gasteiger partial charge in [-0.05, 0) is 39.0 Å². The van der Waals surface area contributed by atoms with E-state index in [1.165, 1.54) is 16.8 Å². The predicted octanol–water partition coefficient (Wildman–Crippen LogP) is 2.95. The van der Waals surface area contributed by atoms with Gasteiger partial charge in [-0.2, -0.15) is 9.78 Å². The molecule has 0 unspecified atom stereocenters. The minimum atomic E-state index is -0.684. The molecule has 1 aromatic carbocycles. The number of amides is 1. The van der Waals surface area contributed by atoms with E-state index in [0.717, 1.165) is 0 Å². The van der Waals surface area contributed by atoms with Crippen LogP contribution in [0.4, 0.5) is 0 Å². The number of nitrogens with zero attached hydrogens (tertiary/aromatic N) is 3. The van der Waals surface area contributed by atoms with E-state index >= 15 is 0 Å². The molecule has 9 heteroatoms. The summed E-state index contributed by atoms with van der Waals surface area (Å²) in [5, 5.41) is 4.89. The molecule has 0 atom stereocenters. The van der Waals surface area contributed by atoms with Crippen molar-refractivity contribution in [3.63, 3.8) is 0 Å². The van der Waals surface area contributed by atoms with Gasteiger partial charge in [0.05, 0.1) is 22.0 Å². The van der Waals surface area contributed by atoms with Gasteiger partial charge in [-0.3, -0.25) is 14.6 Å². The standard InChI is InChI=1S/C17H15Cl2N5O2/c1-7-4-13(14-11(15(20)25)5-10(18)6-12(14)19)24(23-7)17-21-9(3)8(2)16(26)22-17/h4-6H,1-3H3,(H2,20,25)(H,21,22,26). The number of rotatable bonds is 3. The first-order valence-corrected chi connectivity index (χ1v) is 8.38. The number of aryl methyl sites for hydroxylation is 2. The second-order valence-corrected chi connectivity index (χ2v) is 6.70. The number of carbonyl (C=O) groups excluding carboxylic acids is 1. The van der Waals surface area contributed by atoms with Gasteiger partial charge in [-0.25, -0.2) is 4.98 Å². The van der Waals surface area contributed by atoms with E-state index in [2.05, 4.69) is 15.1 Å². The Labute approximate surface area is 158 Å². The number of nitrogens with two attached hydrogens (primary N) is 1. The monoisotopic (exact) mass is 391 g/mol. The van der Waals surface area contributed by atoms with Crippen molar-refractivity contribution in [3.8, 4) is 17.2 Å². The van der Waals surface area contributed by atoms with Gasteiger partial charge >= 0.3 is 0 Å². The van der Waals surface area contributed by atoms with Crippen molar-refractivity contribution in [1.82, 2.24) is 19.7 Å². The van der Waals surface area contributed by atoms with E-state index in [1.807, 2.05) is 0 Å². The minimum Gasteiger partial charge on any atom is -0.366 e. The van der Waals surface area contributed by atoms with E-state index in [9.17, 15) is 9.59 Å². The quantitative estimate of drug-likeness (QED) is 0.715. The zero-order chi connectivity index (χ0) is 19.2. The number of hydrogen-bond donors (Lipinski definition) is 2. The lowest BCUT2D eigenvalue weighted by Gasteiger charge is -2.12. The molecule has 0 aliphatic heterocycles. The molecule has 0 bridgehead atoms.